The van der Waals surface area contributed by atoms with Gasteiger partial charge >= 0.3 is 0 Å². The fraction of sp³-hybridized carbons (Fsp3) is 0.609. The molecule has 1 aliphatic rings. The normalized spacial score (nSPS) is 14.4. The van der Waals surface area contributed by atoms with E-state index in [1.165, 1.54) is 13.3 Å². The molecule has 0 aromatic heterocycles. The molecule has 0 heterocycles. The highest BCUT2D eigenvalue weighted by Gasteiger charge is 2.22. The summed E-state index contributed by atoms with van der Waals surface area (Å²) < 4.78 is 0. The van der Waals surface area contributed by atoms with E-state index in [0.29, 0.717) is 17.8 Å². The second-order valence-electron chi connectivity index (χ2n) is 7.91. The van der Waals surface area contributed by atoms with Gasteiger partial charge in [-0.25, -0.2) is 0 Å². The first-order valence-electron chi connectivity index (χ1n) is 11.1. The molecule has 30 heavy (non-hydrogen) atoms. The molecule has 1 aliphatic carbocycles. The summed E-state index contributed by atoms with van der Waals surface area (Å²) in [5, 5.41) is 5.81. The number of nitrogens with one attached hydrogen (secondary N) is 2. The van der Waals surface area contributed by atoms with Crippen LogP contribution in [0.25, 0.3) is 0 Å². The summed E-state index contributed by atoms with van der Waals surface area (Å²) in [6, 6.07) is 7.02. The number of nitrogens with zero attached hydrogens (tertiary/aromatic N) is 2. The van der Waals surface area contributed by atoms with Gasteiger partial charge in [0.1, 0.15) is 0 Å². The summed E-state index contributed by atoms with van der Waals surface area (Å²) in [5.41, 5.74) is 1.15. The molecule has 2 rings (SSSR count). The van der Waals surface area contributed by atoms with Gasteiger partial charge in [0.25, 0.3) is 5.91 Å². The fourth-order valence-electron chi connectivity index (χ4n) is 3.83. The van der Waals surface area contributed by atoms with E-state index in [1.807, 2.05) is 0 Å². The maximum Gasteiger partial charge on any atom is 0.254 e. The van der Waals surface area contributed by atoms with E-state index in [0.717, 1.165) is 45.3 Å². The van der Waals surface area contributed by atoms with Crippen molar-refractivity contribution in [2.24, 2.45) is 0 Å². The molecular weight excluding hydrogens is 380 g/mol. The van der Waals surface area contributed by atoms with Crippen molar-refractivity contribution >= 4 is 23.4 Å². The van der Waals surface area contributed by atoms with Crippen molar-refractivity contribution in [1.82, 2.24) is 15.1 Å². The summed E-state index contributed by atoms with van der Waals surface area (Å²) in [6.45, 7) is 8.70. The van der Waals surface area contributed by atoms with Gasteiger partial charge in [-0.05, 0) is 50.2 Å². The molecule has 7 heteroatoms. The molecule has 1 aromatic carbocycles. The molecule has 0 atom stereocenters. The van der Waals surface area contributed by atoms with Crippen LogP contribution in [0, 0.1) is 0 Å². The quantitative estimate of drug-likeness (QED) is 0.614. The maximum absolute atomic E-state index is 13.1. The Bertz CT molecular complexity index is 695. The standard InChI is InChI=1S/C23H36N4O3/c1-4-26(5-2)15-16-27(17-22(29)25-20-9-7-6-8-10-20)23(30)19-11-13-21(14-12-19)24-18(3)28/h11-14,20H,4-10,15-17H2,1-3H3,(H,24,28)(H,25,29). The molecule has 2 N–H and O–H groups in total. The van der Waals surface area contributed by atoms with Gasteiger partial charge in [-0.15, -0.1) is 0 Å². The Balaban J connectivity index is 2.05. The summed E-state index contributed by atoms with van der Waals surface area (Å²) in [6.07, 6.45) is 5.56. The van der Waals surface area contributed by atoms with Crippen LogP contribution in [0.3, 0.4) is 0 Å². The summed E-state index contributed by atoms with van der Waals surface area (Å²) in [7, 11) is 0. The topological polar surface area (TPSA) is 81.8 Å². The van der Waals surface area contributed by atoms with Gasteiger partial charge in [0.2, 0.25) is 11.8 Å². The third-order valence-electron chi connectivity index (χ3n) is 5.62. The summed E-state index contributed by atoms with van der Waals surface area (Å²) in [5.74, 6) is -0.422. The van der Waals surface area contributed by atoms with Crippen LogP contribution in [0.1, 0.15) is 63.2 Å². The number of benzene rings is 1. The first-order valence-corrected chi connectivity index (χ1v) is 11.1. The van der Waals surface area contributed by atoms with Crippen LogP contribution in [0.4, 0.5) is 5.69 Å². The predicted octanol–water partition coefficient (Wildman–Crippen LogP) is 2.88. The van der Waals surface area contributed by atoms with E-state index in [9.17, 15) is 14.4 Å². The fourth-order valence-corrected chi connectivity index (χ4v) is 3.83. The highest BCUT2D eigenvalue weighted by molar-refractivity contribution is 5.97. The Morgan fingerprint density at radius 2 is 1.60 bits per heavy atom. The Labute approximate surface area is 180 Å². The number of carbonyl (C=O) groups is 3. The van der Waals surface area contributed by atoms with Crippen LogP contribution in [-0.4, -0.2) is 66.3 Å². The van der Waals surface area contributed by atoms with Crippen molar-refractivity contribution in [2.45, 2.75) is 58.9 Å². The molecule has 0 bridgehead atoms. The van der Waals surface area contributed by atoms with Crippen molar-refractivity contribution in [3.8, 4) is 0 Å². The summed E-state index contributed by atoms with van der Waals surface area (Å²) in [4.78, 5) is 40.8. The lowest BCUT2D eigenvalue weighted by molar-refractivity contribution is -0.122. The Kier molecular flexibility index (Phi) is 9.80. The number of rotatable bonds is 10. The molecule has 0 saturated heterocycles. The molecule has 0 radical (unpaired) electrons. The zero-order chi connectivity index (χ0) is 21.9. The molecular formula is C23H36N4O3. The van der Waals surface area contributed by atoms with E-state index >= 15 is 0 Å². The second kappa shape index (κ2) is 12.3. The number of hydrogen-bond acceptors (Lipinski definition) is 4. The Hall–Kier alpha value is -2.41. The van der Waals surface area contributed by atoms with Crippen LogP contribution in [0.2, 0.25) is 0 Å². The molecule has 1 saturated carbocycles. The minimum absolute atomic E-state index is 0.0596. The number of likely N-dealkylation sites (N-methyl/N-ethyl adjacent to an activating group) is 1. The van der Waals surface area contributed by atoms with Crippen molar-refractivity contribution < 1.29 is 14.4 Å². The van der Waals surface area contributed by atoms with E-state index in [1.54, 1.807) is 29.2 Å². The molecule has 166 valence electrons. The lowest BCUT2D eigenvalue weighted by atomic mass is 9.95. The van der Waals surface area contributed by atoms with Crippen molar-refractivity contribution in [3.63, 3.8) is 0 Å². The lowest BCUT2D eigenvalue weighted by Crippen LogP contribution is -2.47. The third kappa shape index (κ3) is 7.78. The number of hydrogen-bond donors (Lipinski definition) is 2. The smallest absolute Gasteiger partial charge is 0.254 e. The molecule has 3 amide bonds. The van der Waals surface area contributed by atoms with E-state index < -0.39 is 0 Å². The largest absolute Gasteiger partial charge is 0.352 e. The van der Waals surface area contributed by atoms with E-state index in [2.05, 4.69) is 29.4 Å². The maximum atomic E-state index is 13.1. The van der Waals surface area contributed by atoms with Gasteiger partial charge in [-0.3, -0.25) is 14.4 Å². The van der Waals surface area contributed by atoms with Crippen LogP contribution < -0.4 is 10.6 Å². The predicted molar refractivity (Wildman–Crippen MR) is 119 cm³/mol. The molecule has 0 unspecified atom stereocenters. The van der Waals surface area contributed by atoms with Crippen LogP contribution >= 0.6 is 0 Å². The minimum atomic E-state index is -0.171. The van der Waals surface area contributed by atoms with E-state index in [4.69, 9.17) is 0 Å². The van der Waals surface area contributed by atoms with Gasteiger partial charge in [-0.1, -0.05) is 33.1 Å². The van der Waals surface area contributed by atoms with Gasteiger partial charge in [-0.2, -0.15) is 0 Å². The molecule has 1 aromatic rings. The van der Waals surface area contributed by atoms with Gasteiger partial charge in [0.15, 0.2) is 0 Å². The molecule has 0 aliphatic heterocycles. The zero-order valence-corrected chi connectivity index (χ0v) is 18.6. The van der Waals surface area contributed by atoms with Crippen molar-refractivity contribution in [1.29, 1.82) is 0 Å². The highest BCUT2D eigenvalue weighted by Crippen LogP contribution is 2.17. The van der Waals surface area contributed by atoms with Crippen molar-refractivity contribution in [2.75, 3.05) is 38.0 Å². The zero-order valence-electron chi connectivity index (χ0n) is 18.6. The average Bonchev–Trinajstić information content (AvgIpc) is 2.74. The van der Waals surface area contributed by atoms with Crippen LogP contribution in [0.5, 0.6) is 0 Å². The number of carbonyl (C=O) groups excluding carboxylic acids is 3. The monoisotopic (exact) mass is 416 g/mol. The van der Waals surface area contributed by atoms with E-state index in [-0.39, 0.29) is 30.3 Å². The van der Waals surface area contributed by atoms with Gasteiger partial charge in [0.05, 0.1) is 6.54 Å². The van der Waals surface area contributed by atoms with Gasteiger partial charge in [0, 0.05) is 37.3 Å². The first-order chi connectivity index (χ1) is 14.4. The molecule has 0 spiro atoms. The molecule has 1 fully saturated rings. The average molecular weight is 417 g/mol. The first kappa shape index (κ1) is 23.9. The Morgan fingerprint density at radius 3 is 2.17 bits per heavy atom. The summed E-state index contributed by atoms with van der Waals surface area (Å²) >= 11 is 0. The molecule has 7 nitrogen and oxygen atoms in total. The Morgan fingerprint density at radius 1 is 0.967 bits per heavy atom. The number of amides is 3. The van der Waals surface area contributed by atoms with Crippen LogP contribution in [-0.2, 0) is 9.59 Å². The van der Waals surface area contributed by atoms with Gasteiger partial charge < -0.3 is 20.4 Å². The lowest BCUT2D eigenvalue weighted by Gasteiger charge is -2.28. The van der Waals surface area contributed by atoms with Crippen LogP contribution in [0.15, 0.2) is 24.3 Å². The third-order valence-corrected chi connectivity index (χ3v) is 5.62. The van der Waals surface area contributed by atoms with Crippen molar-refractivity contribution in [3.05, 3.63) is 29.8 Å². The highest BCUT2D eigenvalue weighted by atomic mass is 16.2. The number of anilines is 1. The SMILES string of the molecule is CCN(CC)CCN(CC(=O)NC1CCCCC1)C(=O)c1ccc(NC(C)=O)cc1. The minimum Gasteiger partial charge on any atom is -0.352 e. The second-order valence-corrected chi connectivity index (χ2v) is 7.91.